The summed E-state index contributed by atoms with van der Waals surface area (Å²) in [6, 6.07) is 5.77. The molecule has 5 heteroatoms. The fraction of sp³-hybridized carbons (Fsp3) is 0.538. The summed E-state index contributed by atoms with van der Waals surface area (Å²) in [6.45, 7) is 0.719. The predicted octanol–water partition coefficient (Wildman–Crippen LogP) is 1.63. The largest absolute Gasteiger partial charge is 0.497 e. The minimum Gasteiger partial charge on any atom is -0.497 e. The van der Waals surface area contributed by atoms with Crippen LogP contribution in [0.5, 0.6) is 11.5 Å². The summed E-state index contributed by atoms with van der Waals surface area (Å²) in [7, 11) is 4.96. The molecule has 0 aliphatic carbocycles. The van der Waals surface area contributed by atoms with Crippen LogP contribution in [0.15, 0.2) is 18.2 Å². The molecule has 0 bridgehead atoms. The van der Waals surface area contributed by atoms with Gasteiger partial charge in [-0.15, -0.1) is 0 Å². The lowest BCUT2D eigenvalue weighted by Gasteiger charge is -2.19. The van der Waals surface area contributed by atoms with Crippen molar-refractivity contribution in [2.75, 3.05) is 27.9 Å². The number of nitrogens with one attached hydrogen (secondary N) is 1. The van der Waals surface area contributed by atoms with Gasteiger partial charge in [-0.1, -0.05) is 6.07 Å². The Balaban J connectivity index is 2.83. The summed E-state index contributed by atoms with van der Waals surface area (Å²) >= 11 is 0. The number of hydrogen-bond donors (Lipinski definition) is 2. The van der Waals surface area contributed by atoms with Crippen molar-refractivity contribution in [3.63, 3.8) is 0 Å². The Bertz CT molecular complexity index is 358. The third kappa shape index (κ3) is 3.87. The van der Waals surface area contributed by atoms with Crippen molar-refractivity contribution in [1.82, 2.24) is 5.43 Å². The van der Waals surface area contributed by atoms with Gasteiger partial charge < -0.3 is 14.2 Å². The van der Waals surface area contributed by atoms with E-state index in [0.29, 0.717) is 0 Å². The third-order valence-electron chi connectivity index (χ3n) is 2.86. The van der Waals surface area contributed by atoms with Gasteiger partial charge in [0.2, 0.25) is 0 Å². The number of nitrogens with two attached hydrogens (primary N) is 1. The molecule has 0 saturated carbocycles. The van der Waals surface area contributed by atoms with E-state index in [-0.39, 0.29) is 6.04 Å². The molecule has 0 amide bonds. The Hall–Kier alpha value is -1.30. The van der Waals surface area contributed by atoms with Crippen LogP contribution in [0, 0.1) is 0 Å². The van der Waals surface area contributed by atoms with E-state index in [9.17, 15) is 0 Å². The molecule has 1 rings (SSSR count). The zero-order valence-corrected chi connectivity index (χ0v) is 11.2. The Morgan fingerprint density at radius 2 is 2.00 bits per heavy atom. The van der Waals surface area contributed by atoms with Gasteiger partial charge in [-0.3, -0.25) is 11.3 Å². The molecule has 1 aromatic carbocycles. The molecule has 102 valence electrons. The summed E-state index contributed by atoms with van der Waals surface area (Å²) in [5.41, 5.74) is 3.84. The van der Waals surface area contributed by atoms with Crippen molar-refractivity contribution in [3.8, 4) is 11.5 Å². The zero-order chi connectivity index (χ0) is 13.4. The van der Waals surface area contributed by atoms with Crippen molar-refractivity contribution < 1.29 is 14.2 Å². The number of rotatable bonds is 8. The van der Waals surface area contributed by atoms with Crippen molar-refractivity contribution in [2.45, 2.75) is 18.9 Å². The van der Waals surface area contributed by atoms with Gasteiger partial charge >= 0.3 is 0 Å². The van der Waals surface area contributed by atoms with E-state index in [1.54, 1.807) is 21.3 Å². The molecule has 5 nitrogen and oxygen atoms in total. The molecule has 3 N–H and O–H groups in total. The summed E-state index contributed by atoms with van der Waals surface area (Å²) in [6.07, 6.45) is 1.81. The van der Waals surface area contributed by atoms with Gasteiger partial charge in [-0.2, -0.15) is 0 Å². The maximum absolute atomic E-state index is 5.60. The molecule has 1 atom stereocenters. The van der Waals surface area contributed by atoms with Crippen LogP contribution >= 0.6 is 0 Å². The van der Waals surface area contributed by atoms with Crippen molar-refractivity contribution in [2.24, 2.45) is 5.84 Å². The summed E-state index contributed by atoms with van der Waals surface area (Å²) in [5, 5.41) is 0. The highest BCUT2D eigenvalue weighted by Crippen LogP contribution is 2.31. The zero-order valence-electron chi connectivity index (χ0n) is 11.2. The summed E-state index contributed by atoms with van der Waals surface area (Å²) in [4.78, 5) is 0. The van der Waals surface area contributed by atoms with E-state index in [4.69, 9.17) is 20.1 Å². The Morgan fingerprint density at radius 3 is 2.56 bits per heavy atom. The SMILES string of the molecule is COCCCC(NN)c1ccc(OC)cc1OC. The first kappa shape index (κ1) is 14.8. The minimum atomic E-state index is 0.0426. The third-order valence-corrected chi connectivity index (χ3v) is 2.86. The van der Waals surface area contributed by atoms with Crippen LogP contribution in [0.2, 0.25) is 0 Å². The van der Waals surface area contributed by atoms with Crippen LogP contribution in [0.3, 0.4) is 0 Å². The van der Waals surface area contributed by atoms with Crippen molar-refractivity contribution in [3.05, 3.63) is 23.8 Å². The number of hydrogen-bond acceptors (Lipinski definition) is 5. The number of methoxy groups -OCH3 is 3. The highest BCUT2D eigenvalue weighted by atomic mass is 16.5. The second-order valence-electron chi connectivity index (χ2n) is 3.96. The number of ether oxygens (including phenoxy) is 3. The monoisotopic (exact) mass is 254 g/mol. The lowest BCUT2D eigenvalue weighted by molar-refractivity contribution is 0.188. The Kier molecular flexibility index (Phi) is 6.49. The molecule has 0 fully saturated rings. The fourth-order valence-electron chi connectivity index (χ4n) is 1.87. The molecular formula is C13H22N2O3. The first-order valence-electron chi connectivity index (χ1n) is 5.93. The van der Waals surface area contributed by atoms with Gasteiger partial charge in [-0.25, -0.2) is 0 Å². The topological polar surface area (TPSA) is 65.7 Å². The van der Waals surface area contributed by atoms with E-state index in [0.717, 1.165) is 36.5 Å². The second-order valence-corrected chi connectivity index (χ2v) is 3.96. The molecule has 18 heavy (non-hydrogen) atoms. The normalized spacial score (nSPS) is 12.2. The van der Waals surface area contributed by atoms with Gasteiger partial charge in [-0.05, 0) is 18.9 Å². The van der Waals surface area contributed by atoms with Crippen LogP contribution in [0.25, 0.3) is 0 Å². The van der Waals surface area contributed by atoms with Crippen molar-refractivity contribution in [1.29, 1.82) is 0 Å². The van der Waals surface area contributed by atoms with Crippen LogP contribution < -0.4 is 20.7 Å². The second kappa shape index (κ2) is 7.92. The summed E-state index contributed by atoms with van der Waals surface area (Å²) < 4.78 is 15.6. The van der Waals surface area contributed by atoms with Crippen LogP contribution in [-0.2, 0) is 4.74 Å². The quantitative estimate of drug-likeness (QED) is 0.419. The average molecular weight is 254 g/mol. The van der Waals surface area contributed by atoms with Gasteiger partial charge in [0.1, 0.15) is 11.5 Å². The van der Waals surface area contributed by atoms with Crippen molar-refractivity contribution >= 4 is 0 Å². The first-order valence-corrected chi connectivity index (χ1v) is 5.93. The van der Waals surface area contributed by atoms with Crippen LogP contribution in [-0.4, -0.2) is 27.9 Å². The highest BCUT2D eigenvalue weighted by Gasteiger charge is 2.15. The van der Waals surface area contributed by atoms with Crippen LogP contribution in [0.4, 0.5) is 0 Å². The standard InChI is InChI=1S/C13H22N2O3/c1-16-8-4-5-12(15-14)11-7-6-10(17-2)9-13(11)18-3/h6-7,9,12,15H,4-5,8,14H2,1-3H3. The van der Waals surface area contributed by atoms with E-state index >= 15 is 0 Å². The lowest BCUT2D eigenvalue weighted by atomic mass is 10.0. The first-order chi connectivity index (χ1) is 8.76. The maximum Gasteiger partial charge on any atom is 0.127 e. The molecule has 0 aliphatic rings. The highest BCUT2D eigenvalue weighted by molar-refractivity contribution is 5.42. The predicted molar refractivity (Wildman–Crippen MR) is 70.7 cm³/mol. The smallest absolute Gasteiger partial charge is 0.127 e. The number of hydrazine groups is 1. The minimum absolute atomic E-state index is 0.0426. The molecule has 0 spiro atoms. The molecule has 1 aromatic rings. The molecule has 0 aromatic heterocycles. The maximum atomic E-state index is 5.60. The Morgan fingerprint density at radius 1 is 1.22 bits per heavy atom. The van der Waals surface area contributed by atoms with E-state index in [2.05, 4.69) is 5.43 Å². The van der Waals surface area contributed by atoms with E-state index in [1.807, 2.05) is 18.2 Å². The fourth-order valence-corrected chi connectivity index (χ4v) is 1.87. The van der Waals surface area contributed by atoms with Gasteiger partial charge in [0.15, 0.2) is 0 Å². The molecule has 1 unspecified atom stereocenters. The van der Waals surface area contributed by atoms with E-state index in [1.165, 1.54) is 0 Å². The molecule has 0 radical (unpaired) electrons. The molecule has 0 heterocycles. The lowest BCUT2D eigenvalue weighted by Crippen LogP contribution is -2.28. The van der Waals surface area contributed by atoms with Gasteiger partial charge in [0, 0.05) is 31.4 Å². The van der Waals surface area contributed by atoms with Crippen LogP contribution in [0.1, 0.15) is 24.4 Å². The van der Waals surface area contributed by atoms with E-state index < -0.39 is 0 Å². The van der Waals surface area contributed by atoms with Gasteiger partial charge in [0.05, 0.1) is 14.2 Å². The summed E-state index contributed by atoms with van der Waals surface area (Å²) in [5.74, 6) is 7.14. The average Bonchev–Trinajstić information content (AvgIpc) is 2.43. The molecule has 0 saturated heterocycles. The number of benzene rings is 1. The van der Waals surface area contributed by atoms with Gasteiger partial charge in [0.25, 0.3) is 0 Å². The molecule has 0 aliphatic heterocycles. The molecular weight excluding hydrogens is 232 g/mol. The Labute approximate surface area is 108 Å².